The highest BCUT2D eigenvalue weighted by molar-refractivity contribution is 7.10. The van der Waals surface area contributed by atoms with Crippen molar-refractivity contribution < 1.29 is 9.53 Å². The molecule has 0 aromatic carbocycles. The number of esters is 1. The lowest BCUT2D eigenvalue weighted by molar-refractivity contribution is -0.141. The number of hydrogen-bond donors (Lipinski definition) is 1. The minimum Gasteiger partial charge on any atom is -0.469 e. The average Bonchev–Trinajstić information content (AvgIpc) is 3.01. The number of ether oxygens (including phenoxy) is 1. The molecule has 0 bridgehead atoms. The Kier molecular flexibility index (Phi) is 5.26. The second kappa shape index (κ2) is 7.17. The molecule has 106 valence electrons. The minimum atomic E-state index is -0.210. The third-order valence-electron chi connectivity index (χ3n) is 3.14. The molecular weight excluding hydrogens is 272 g/mol. The minimum absolute atomic E-state index is 0.0365. The predicted molar refractivity (Wildman–Crippen MR) is 79.5 cm³/mol. The number of methoxy groups -OCH3 is 1. The van der Waals surface area contributed by atoms with Crippen LogP contribution in [0, 0.1) is 0 Å². The zero-order valence-electron chi connectivity index (χ0n) is 11.6. The van der Waals surface area contributed by atoms with E-state index in [2.05, 4.69) is 17.2 Å². The van der Waals surface area contributed by atoms with Gasteiger partial charge in [-0.2, -0.15) is 0 Å². The molecule has 2 aromatic heterocycles. The summed E-state index contributed by atoms with van der Waals surface area (Å²) < 4.78 is 4.78. The molecule has 0 spiro atoms. The Hall–Kier alpha value is -1.72. The Morgan fingerprint density at radius 3 is 2.75 bits per heavy atom. The second-order valence-electron chi connectivity index (χ2n) is 4.52. The third kappa shape index (κ3) is 3.88. The number of hydrogen-bond acceptors (Lipinski definition) is 5. The van der Waals surface area contributed by atoms with Gasteiger partial charge in [-0.1, -0.05) is 6.07 Å². The molecule has 0 radical (unpaired) electrons. The van der Waals surface area contributed by atoms with Crippen molar-refractivity contribution in [3.05, 3.63) is 52.5 Å². The van der Waals surface area contributed by atoms with Gasteiger partial charge in [-0.25, -0.2) is 0 Å². The molecule has 2 heterocycles. The summed E-state index contributed by atoms with van der Waals surface area (Å²) in [5.41, 5.74) is 1.14. The van der Waals surface area contributed by atoms with Crippen molar-refractivity contribution >= 4 is 17.3 Å². The summed E-state index contributed by atoms with van der Waals surface area (Å²) in [6.07, 6.45) is 3.87. The summed E-state index contributed by atoms with van der Waals surface area (Å²) in [5.74, 6) is -0.210. The molecule has 2 rings (SSSR count). The quantitative estimate of drug-likeness (QED) is 0.831. The van der Waals surface area contributed by atoms with Crippen LogP contribution in [0.3, 0.4) is 0 Å². The summed E-state index contributed by atoms with van der Waals surface area (Å²) in [6, 6.07) is 8.07. The first-order valence-electron chi connectivity index (χ1n) is 6.47. The number of carbonyl (C=O) groups excluding carboxylic acids is 1. The van der Waals surface area contributed by atoms with Crippen LogP contribution in [-0.4, -0.2) is 18.1 Å². The van der Waals surface area contributed by atoms with E-state index in [1.807, 2.05) is 29.6 Å². The van der Waals surface area contributed by atoms with Crippen molar-refractivity contribution in [3.63, 3.8) is 0 Å². The molecule has 0 fully saturated rings. The van der Waals surface area contributed by atoms with E-state index in [0.717, 1.165) is 10.4 Å². The van der Waals surface area contributed by atoms with Gasteiger partial charge in [0.05, 0.1) is 19.6 Å². The van der Waals surface area contributed by atoms with E-state index < -0.39 is 0 Å². The average molecular weight is 290 g/mol. The molecule has 0 saturated heterocycles. The van der Waals surface area contributed by atoms with Crippen LogP contribution in [0.15, 0.2) is 42.0 Å². The van der Waals surface area contributed by atoms with Gasteiger partial charge >= 0.3 is 5.97 Å². The Bertz CT molecular complexity index is 528. The van der Waals surface area contributed by atoms with Crippen molar-refractivity contribution in [3.8, 4) is 0 Å². The summed E-state index contributed by atoms with van der Waals surface area (Å²) in [6.45, 7) is 2.08. The highest BCUT2D eigenvalue weighted by Crippen LogP contribution is 2.25. The Morgan fingerprint density at radius 2 is 2.15 bits per heavy atom. The summed E-state index contributed by atoms with van der Waals surface area (Å²) in [7, 11) is 1.42. The van der Waals surface area contributed by atoms with E-state index in [9.17, 15) is 4.79 Å². The van der Waals surface area contributed by atoms with Crippen LogP contribution < -0.4 is 5.32 Å². The number of nitrogens with zero attached hydrogens (tertiary/aromatic N) is 1. The standard InChI is InChI=1S/C15H18N2O2S/c1-11(12-5-7-16-8-6-12)17-13(10-15(18)19-2)14-4-3-9-20-14/h3-9,11,13,17H,10H2,1-2H3. The largest absolute Gasteiger partial charge is 0.469 e. The lowest BCUT2D eigenvalue weighted by Gasteiger charge is -2.22. The third-order valence-corrected chi connectivity index (χ3v) is 4.13. The van der Waals surface area contributed by atoms with Crippen LogP contribution in [0.25, 0.3) is 0 Å². The lowest BCUT2D eigenvalue weighted by atomic mass is 10.1. The fourth-order valence-corrected chi connectivity index (χ4v) is 2.82. The topological polar surface area (TPSA) is 51.2 Å². The molecule has 0 saturated carbocycles. The van der Waals surface area contributed by atoms with Crippen LogP contribution in [0.4, 0.5) is 0 Å². The van der Waals surface area contributed by atoms with Gasteiger partial charge in [0.2, 0.25) is 0 Å². The smallest absolute Gasteiger partial charge is 0.307 e. The zero-order chi connectivity index (χ0) is 14.4. The van der Waals surface area contributed by atoms with Crippen molar-refractivity contribution in [1.29, 1.82) is 0 Å². The molecule has 1 N–H and O–H groups in total. The number of nitrogens with one attached hydrogen (secondary N) is 1. The van der Waals surface area contributed by atoms with Gasteiger partial charge in [-0.15, -0.1) is 11.3 Å². The molecule has 4 nitrogen and oxygen atoms in total. The van der Waals surface area contributed by atoms with Crippen LogP contribution >= 0.6 is 11.3 Å². The van der Waals surface area contributed by atoms with Crippen LogP contribution in [0.1, 0.15) is 35.9 Å². The predicted octanol–water partition coefficient (Wildman–Crippen LogP) is 3.10. The van der Waals surface area contributed by atoms with Crippen LogP contribution in [-0.2, 0) is 9.53 Å². The number of carbonyl (C=O) groups is 1. The van der Waals surface area contributed by atoms with Crippen molar-refractivity contribution in [2.45, 2.75) is 25.4 Å². The van der Waals surface area contributed by atoms with Gasteiger partial charge in [0, 0.05) is 23.3 Å². The lowest BCUT2D eigenvalue weighted by Crippen LogP contribution is -2.26. The van der Waals surface area contributed by atoms with Crippen molar-refractivity contribution in [2.75, 3.05) is 7.11 Å². The van der Waals surface area contributed by atoms with Crippen molar-refractivity contribution in [1.82, 2.24) is 10.3 Å². The van der Waals surface area contributed by atoms with E-state index in [0.29, 0.717) is 6.42 Å². The molecule has 0 aliphatic rings. The Balaban J connectivity index is 2.09. The normalized spacial score (nSPS) is 13.7. The molecule has 0 aliphatic heterocycles. The monoisotopic (exact) mass is 290 g/mol. The number of aromatic nitrogens is 1. The zero-order valence-corrected chi connectivity index (χ0v) is 12.4. The van der Waals surface area contributed by atoms with E-state index in [1.165, 1.54) is 7.11 Å². The fourth-order valence-electron chi connectivity index (χ4n) is 2.03. The van der Waals surface area contributed by atoms with E-state index in [-0.39, 0.29) is 18.1 Å². The molecule has 2 unspecified atom stereocenters. The van der Waals surface area contributed by atoms with Crippen LogP contribution in [0.2, 0.25) is 0 Å². The SMILES string of the molecule is COC(=O)CC(NC(C)c1ccncc1)c1cccs1. The first-order valence-corrected chi connectivity index (χ1v) is 7.35. The highest BCUT2D eigenvalue weighted by atomic mass is 32.1. The molecule has 2 atom stereocenters. The fraction of sp³-hybridized carbons (Fsp3) is 0.333. The van der Waals surface area contributed by atoms with Gasteiger partial charge in [0.15, 0.2) is 0 Å². The van der Waals surface area contributed by atoms with Gasteiger partial charge in [-0.05, 0) is 36.1 Å². The maximum absolute atomic E-state index is 11.6. The second-order valence-corrected chi connectivity index (χ2v) is 5.50. The highest BCUT2D eigenvalue weighted by Gasteiger charge is 2.20. The maximum Gasteiger partial charge on any atom is 0.307 e. The summed E-state index contributed by atoms with van der Waals surface area (Å²) >= 11 is 1.64. The molecule has 0 amide bonds. The molecule has 2 aromatic rings. The molecule has 5 heteroatoms. The van der Waals surface area contributed by atoms with E-state index >= 15 is 0 Å². The van der Waals surface area contributed by atoms with Crippen LogP contribution in [0.5, 0.6) is 0 Å². The summed E-state index contributed by atoms with van der Waals surface area (Å²) in [4.78, 5) is 16.7. The maximum atomic E-state index is 11.6. The number of thiophene rings is 1. The molecule has 0 aliphatic carbocycles. The van der Waals surface area contributed by atoms with Gasteiger partial charge in [-0.3, -0.25) is 9.78 Å². The Morgan fingerprint density at radius 1 is 1.40 bits per heavy atom. The summed E-state index contributed by atoms with van der Waals surface area (Å²) in [5, 5.41) is 5.49. The number of pyridine rings is 1. The van der Waals surface area contributed by atoms with Crippen molar-refractivity contribution in [2.24, 2.45) is 0 Å². The Labute approximate surface area is 122 Å². The number of rotatable bonds is 6. The van der Waals surface area contributed by atoms with E-state index in [1.54, 1.807) is 23.7 Å². The van der Waals surface area contributed by atoms with E-state index in [4.69, 9.17) is 4.74 Å². The van der Waals surface area contributed by atoms with Gasteiger partial charge in [0.1, 0.15) is 0 Å². The molecular formula is C15H18N2O2S. The molecule has 20 heavy (non-hydrogen) atoms. The first-order chi connectivity index (χ1) is 9.70. The first kappa shape index (κ1) is 14.7. The van der Waals surface area contributed by atoms with Gasteiger partial charge in [0.25, 0.3) is 0 Å². The van der Waals surface area contributed by atoms with Gasteiger partial charge < -0.3 is 10.1 Å².